The van der Waals surface area contributed by atoms with E-state index in [1.54, 1.807) is 6.07 Å². The van der Waals surface area contributed by atoms with Gasteiger partial charge in [0, 0.05) is 10.9 Å². The first-order chi connectivity index (χ1) is 13.7. The van der Waals surface area contributed by atoms with E-state index in [0.29, 0.717) is 22.4 Å². The van der Waals surface area contributed by atoms with Crippen molar-refractivity contribution in [3.8, 4) is 17.2 Å². The van der Waals surface area contributed by atoms with Crippen molar-refractivity contribution in [2.45, 2.75) is 6.54 Å². The molecule has 7 heteroatoms. The highest BCUT2D eigenvalue weighted by Crippen LogP contribution is 2.28. The molecule has 3 N–H and O–H groups in total. The molecule has 6 nitrogen and oxygen atoms in total. The number of para-hydroxylation sites is 1. The number of hydrogen-bond acceptors (Lipinski definition) is 6. The van der Waals surface area contributed by atoms with E-state index < -0.39 is 0 Å². The van der Waals surface area contributed by atoms with Gasteiger partial charge in [-0.15, -0.1) is 0 Å². The van der Waals surface area contributed by atoms with Crippen LogP contribution in [0, 0.1) is 17.1 Å². The summed E-state index contributed by atoms with van der Waals surface area (Å²) in [4.78, 5) is 12.5. The number of benzene rings is 2. The number of nitrogens with one attached hydrogen (secondary N) is 1. The van der Waals surface area contributed by atoms with Gasteiger partial charge in [0.25, 0.3) is 0 Å². The van der Waals surface area contributed by atoms with Crippen molar-refractivity contribution in [2.75, 3.05) is 11.1 Å². The lowest BCUT2D eigenvalue weighted by molar-refractivity contribution is 0.636. The summed E-state index contributed by atoms with van der Waals surface area (Å²) in [6.45, 7) is 0.236. The maximum atomic E-state index is 14.3. The van der Waals surface area contributed by atoms with Crippen LogP contribution in [0.2, 0.25) is 0 Å². The number of fused-ring (bicyclic) bond motifs is 1. The highest BCUT2D eigenvalue weighted by Gasteiger charge is 2.14. The average Bonchev–Trinajstić information content (AvgIpc) is 2.73. The molecule has 0 aliphatic rings. The number of halogens is 1. The Labute approximate surface area is 160 Å². The van der Waals surface area contributed by atoms with Gasteiger partial charge in [-0.2, -0.15) is 5.26 Å². The lowest BCUT2D eigenvalue weighted by Gasteiger charge is -2.13. The van der Waals surface area contributed by atoms with E-state index in [1.807, 2.05) is 48.5 Å². The van der Waals surface area contributed by atoms with Gasteiger partial charge in [-0.3, -0.25) is 0 Å². The summed E-state index contributed by atoms with van der Waals surface area (Å²) in [6.07, 6.45) is 1.28. The molecule has 4 rings (SSSR count). The fourth-order valence-corrected chi connectivity index (χ4v) is 3.01. The molecule has 0 unspecified atom stereocenters. The molecule has 0 aliphatic heterocycles. The van der Waals surface area contributed by atoms with E-state index in [1.165, 1.54) is 12.4 Å². The number of aromatic nitrogens is 3. The van der Waals surface area contributed by atoms with Gasteiger partial charge >= 0.3 is 0 Å². The highest BCUT2D eigenvalue weighted by molar-refractivity contribution is 5.85. The molecule has 136 valence electrons. The molecule has 2 aromatic carbocycles. The topological polar surface area (TPSA) is 101 Å². The first-order valence-corrected chi connectivity index (χ1v) is 8.55. The number of hydrogen-bond donors (Lipinski definition) is 2. The molecule has 2 heterocycles. The van der Waals surface area contributed by atoms with Gasteiger partial charge in [-0.05, 0) is 17.7 Å². The van der Waals surface area contributed by atoms with Crippen LogP contribution in [0.5, 0.6) is 0 Å². The zero-order valence-electron chi connectivity index (χ0n) is 14.7. The Bertz CT molecular complexity index is 1200. The quantitative estimate of drug-likeness (QED) is 0.565. The van der Waals surface area contributed by atoms with Crippen molar-refractivity contribution in [1.82, 2.24) is 15.0 Å². The molecular weight excluding hydrogens is 355 g/mol. The van der Waals surface area contributed by atoms with Crippen LogP contribution in [-0.4, -0.2) is 15.0 Å². The van der Waals surface area contributed by atoms with Crippen molar-refractivity contribution < 1.29 is 4.39 Å². The van der Waals surface area contributed by atoms with Crippen molar-refractivity contribution in [3.05, 3.63) is 78.0 Å². The molecule has 2 aromatic heterocycles. The van der Waals surface area contributed by atoms with Crippen molar-refractivity contribution >= 4 is 22.5 Å². The first kappa shape index (κ1) is 17.4. The standard InChI is InChI=1S/C21H15FN6/c22-17-8-4-7-14-9-15(13-5-2-1-3-6-13)18(28-19(14)17)11-25-21-16(10-23)20(24)26-12-27-21/h1-9,12H,11H2,(H3,24,25,26,27). The van der Waals surface area contributed by atoms with E-state index in [-0.39, 0.29) is 23.7 Å². The second-order valence-corrected chi connectivity index (χ2v) is 6.11. The second kappa shape index (κ2) is 7.29. The summed E-state index contributed by atoms with van der Waals surface area (Å²) >= 11 is 0. The molecule has 0 amide bonds. The highest BCUT2D eigenvalue weighted by atomic mass is 19.1. The van der Waals surface area contributed by atoms with Crippen LogP contribution in [0.25, 0.3) is 22.0 Å². The molecule has 4 aromatic rings. The Kier molecular flexibility index (Phi) is 4.52. The van der Waals surface area contributed by atoms with Gasteiger partial charge < -0.3 is 11.1 Å². The molecule has 0 spiro atoms. The predicted octanol–water partition coefficient (Wildman–Crippen LogP) is 3.90. The summed E-state index contributed by atoms with van der Waals surface area (Å²) in [5, 5.41) is 13.1. The Morgan fingerprint density at radius 2 is 1.89 bits per heavy atom. The van der Waals surface area contributed by atoms with Crippen molar-refractivity contribution in [1.29, 1.82) is 5.26 Å². The lowest BCUT2D eigenvalue weighted by Crippen LogP contribution is -2.09. The summed E-state index contributed by atoms with van der Waals surface area (Å²) in [5.74, 6) is 0.0209. The Balaban J connectivity index is 1.80. The number of rotatable bonds is 4. The minimum absolute atomic E-state index is 0.0980. The molecule has 0 radical (unpaired) electrons. The largest absolute Gasteiger partial charge is 0.382 e. The van der Waals surface area contributed by atoms with E-state index in [2.05, 4.69) is 20.3 Å². The fourth-order valence-electron chi connectivity index (χ4n) is 3.01. The van der Waals surface area contributed by atoms with Crippen LogP contribution in [0.15, 0.2) is 60.9 Å². The minimum Gasteiger partial charge on any atom is -0.382 e. The van der Waals surface area contributed by atoms with Gasteiger partial charge in [0.1, 0.15) is 40.9 Å². The maximum Gasteiger partial charge on any atom is 0.149 e. The van der Waals surface area contributed by atoms with E-state index in [9.17, 15) is 9.65 Å². The van der Waals surface area contributed by atoms with Gasteiger partial charge in [0.2, 0.25) is 0 Å². The molecular formula is C21H15FN6. The third-order valence-electron chi connectivity index (χ3n) is 4.37. The molecule has 28 heavy (non-hydrogen) atoms. The monoisotopic (exact) mass is 370 g/mol. The molecule has 0 saturated carbocycles. The summed E-state index contributed by atoms with van der Waals surface area (Å²) in [7, 11) is 0. The van der Waals surface area contributed by atoms with Crippen LogP contribution in [-0.2, 0) is 6.54 Å². The summed E-state index contributed by atoms with van der Waals surface area (Å²) < 4.78 is 14.3. The van der Waals surface area contributed by atoms with E-state index >= 15 is 0 Å². The number of anilines is 2. The average molecular weight is 370 g/mol. The molecule has 0 bridgehead atoms. The van der Waals surface area contributed by atoms with Gasteiger partial charge in [0.15, 0.2) is 0 Å². The second-order valence-electron chi connectivity index (χ2n) is 6.11. The normalized spacial score (nSPS) is 10.6. The number of nitrogens with two attached hydrogens (primary N) is 1. The fraction of sp³-hybridized carbons (Fsp3) is 0.0476. The van der Waals surface area contributed by atoms with Gasteiger partial charge in [0.05, 0.1) is 12.2 Å². The molecule has 0 atom stereocenters. The number of nitrogens with zero attached hydrogens (tertiary/aromatic N) is 4. The van der Waals surface area contributed by atoms with Gasteiger partial charge in [-0.25, -0.2) is 19.3 Å². The third-order valence-corrected chi connectivity index (χ3v) is 4.37. The number of pyridine rings is 1. The minimum atomic E-state index is -0.387. The third kappa shape index (κ3) is 3.19. The summed E-state index contributed by atoms with van der Waals surface area (Å²) in [6, 6.07) is 18.5. The predicted molar refractivity (Wildman–Crippen MR) is 106 cm³/mol. The number of nitriles is 1. The lowest BCUT2D eigenvalue weighted by atomic mass is 10.0. The maximum absolute atomic E-state index is 14.3. The van der Waals surface area contributed by atoms with E-state index in [4.69, 9.17) is 5.73 Å². The Morgan fingerprint density at radius 1 is 1.07 bits per heavy atom. The van der Waals surface area contributed by atoms with Crippen LogP contribution < -0.4 is 11.1 Å². The van der Waals surface area contributed by atoms with Crippen molar-refractivity contribution in [2.24, 2.45) is 0 Å². The molecule has 0 aliphatic carbocycles. The van der Waals surface area contributed by atoms with Crippen LogP contribution in [0.1, 0.15) is 11.3 Å². The van der Waals surface area contributed by atoms with E-state index in [0.717, 1.165) is 11.1 Å². The van der Waals surface area contributed by atoms with Crippen LogP contribution in [0.4, 0.5) is 16.0 Å². The van der Waals surface area contributed by atoms with Crippen LogP contribution in [0.3, 0.4) is 0 Å². The SMILES string of the molecule is N#Cc1c(N)ncnc1NCc1nc2c(F)cccc2cc1-c1ccccc1. The first-order valence-electron chi connectivity index (χ1n) is 8.55. The zero-order chi connectivity index (χ0) is 19.5. The zero-order valence-corrected chi connectivity index (χ0v) is 14.7. The van der Waals surface area contributed by atoms with Gasteiger partial charge in [-0.1, -0.05) is 42.5 Å². The van der Waals surface area contributed by atoms with Crippen molar-refractivity contribution in [3.63, 3.8) is 0 Å². The Hall–Kier alpha value is -4.05. The number of nitrogen functional groups attached to an aromatic ring is 1. The summed E-state index contributed by atoms with van der Waals surface area (Å²) in [5.41, 5.74) is 8.65. The molecule has 0 saturated heterocycles. The molecule has 0 fully saturated rings. The van der Waals surface area contributed by atoms with Crippen LogP contribution >= 0.6 is 0 Å². The smallest absolute Gasteiger partial charge is 0.149 e. The Morgan fingerprint density at radius 3 is 2.68 bits per heavy atom.